The first kappa shape index (κ1) is 13.3. The van der Waals surface area contributed by atoms with Gasteiger partial charge < -0.3 is 9.30 Å². The van der Waals surface area contributed by atoms with Crippen LogP contribution >= 0.6 is 0 Å². The van der Waals surface area contributed by atoms with E-state index < -0.39 is 0 Å². The number of hydrogen-bond acceptors (Lipinski definition) is 3. The molecule has 0 aliphatic rings. The Kier molecular flexibility index (Phi) is 3.39. The van der Waals surface area contributed by atoms with Crippen LogP contribution in [0.15, 0.2) is 48.5 Å². The molecule has 0 amide bonds. The molecule has 0 spiro atoms. The summed E-state index contributed by atoms with van der Waals surface area (Å²) in [4.78, 5) is 16.1. The number of ether oxygens (including phenoxy) is 1. The Labute approximate surface area is 120 Å². The van der Waals surface area contributed by atoms with Gasteiger partial charge >= 0.3 is 5.97 Å². The van der Waals surface area contributed by atoms with E-state index in [1.54, 1.807) is 16.7 Å². The molecule has 0 aliphatic heterocycles. The van der Waals surface area contributed by atoms with Crippen LogP contribution in [0.2, 0.25) is 0 Å². The summed E-state index contributed by atoms with van der Waals surface area (Å²) in [7, 11) is 1.34. The van der Waals surface area contributed by atoms with Crippen molar-refractivity contribution in [1.29, 1.82) is 0 Å². The third-order valence-electron chi connectivity index (χ3n) is 3.25. The molecule has 0 N–H and O–H groups in total. The van der Waals surface area contributed by atoms with Crippen molar-refractivity contribution in [2.24, 2.45) is 0 Å². The molecule has 21 heavy (non-hydrogen) atoms. The quantitative estimate of drug-likeness (QED) is 0.694. The van der Waals surface area contributed by atoms with Gasteiger partial charge in [-0.25, -0.2) is 9.37 Å². The van der Waals surface area contributed by atoms with Crippen LogP contribution in [0.4, 0.5) is 4.39 Å². The molecule has 4 nitrogen and oxygen atoms in total. The molecule has 0 fully saturated rings. The lowest BCUT2D eigenvalue weighted by molar-refractivity contribution is -0.141. The standard InChI is InChI=1S/C16H13FN2O2/c1-21-15(20)10-19-14-8-3-2-7-13(14)18-16(19)11-5-4-6-12(17)9-11/h2-9H,10H2,1H3. The Hall–Kier alpha value is -2.69. The summed E-state index contributed by atoms with van der Waals surface area (Å²) in [5, 5.41) is 0. The Morgan fingerprint density at radius 1 is 1.24 bits per heavy atom. The average Bonchev–Trinajstić information content (AvgIpc) is 2.86. The van der Waals surface area contributed by atoms with E-state index >= 15 is 0 Å². The highest BCUT2D eigenvalue weighted by molar-refractivity contribution is 5.83. The highest BCUT2D eigenvalue weighted by Gasteiger charge is 2.15. The second-order valence-corrected chi connectivity index (χ2v) is 4.60. The van der Waals surface area contributed by atoms with Crippen LogP contribution in [0.3, 0.4) is 0 Å². The first-order valence-corrected chi connectivity index (χ1v) is 6.47. The molecule has 0 saturated carbocycles. The zero-order valence-electron chi connectivity index (χ0n) is 11.4. The lowest BCUT2D eigenvalue weighted by Crippen LogP contribution is -2.12. The number of rotatable bonds is 3. The topological polar surface area (TPSA) is 44.1 Å². The predicted octanol–water partition coefficient (Wildman–Crippen LogP) is 3.02. The summed E-state index contributed by atoms with van der Waals surface area (Å²) in [5.74, 6) is -0.180. The molecule has 1 aromatic heterocycles. The number of imidazole rings is 1. The smallest absolute Gasteiger partial charge is 0.325 e. The van der Waals surface area contributed by atoms with Crippen molar-refractivity contribution in [2.75, 3.05) is 7.11 Å². The molecule has 106 valence electrons. The molecule has 0 atom stereocenters. The minimum absolute atomic E-state index is 0.0306. The maximum absolute atomic E-state index is 13.4. The van der Waals surface area contributed by atoms with Gasteiger partial charge in [0.2, 0.25) is 0 Å². The molecule has 0 bridgehead atoms. The van der Waals surface area contributed by atoms with E-state index in [1.165, 1.54) is 19.2 Å². The van der Waals surface area contributed by atoms with Crippen LogP contribution in [-0.2, 0) is 16.1 Å². The van der Waals surface area contributed by atoms with Crippen molar-refractivity contribution >= 4 is 17.0 Å². The summed E-state index contributed by atoms with van der Waals surface area (Å²) in [6.45, 7) is 0.0306. The average molecular weight is 284 g/mol. The lowest BCUT2D eigenvalue weighted by atomic mass is 10.2. The molecule has 5 heteroatoms. The van der Waals surface area contributed by atoms with Crippen molar-refractivity contribution < 1.29 is 13.9 Å². The largest absolute Gasteiger partial charge is 0.468 e. The lowest BCUT2D eigenvalue weighted by Gasteiger charge is -2.08. The minimum atomic E-state index is -0.379. The summed E-state index contributed by atoms with van der Waals surface area (Å²) < 4.78 is 19.9. The number of esters is 1. The number of carbonyl (C=O) groups is 1. The van der Waals surface area contributed by atoms with E-state index in [1.807, 2.05) is 24.3 Å². The van der Waals surface area contributed by atoms with E-state index in [-0.39, 0.29) is 18.3 Å². The number of halogens is 1. The number of carbonyl (C=O) groups excluding carboxylic acids is 1. The fourth-order valence-corrected chi connectivity index (χ4v) is 2.28. The monoisotopic (exact) mass is 284 g/mol. The zero-order chi connectivity index (χ0) is 14.8. The fraction of sp³-hybridized carbons (Fsp3) is 0.125. The van der Waals surface area contributed by atoms with Gasteiger partial charge in [-0.2, -0.15) is 0 Å². The van der Waals surface area contributed by atoms with E-state index in [0.29, 0.717) is 11.4 Å². The van der Waals surface area contributed by atoms with E-state index in [9.17, 15) is 9.18 Å². The van der Waals surface area contributed by atoms with Gasteiger partial charge in [0.15, 0.2) is 0 Å². The molecule has 0 aliphatic carbocycles. The van der Waals surface area contributed by atoms with Crippen LogP contribution in [-0.4, -0.2) is 22.6 Å². The third kappa shape index (κ3) is 2.50. The van der Waals surface area contributed by atoms with Gasteiger partial charge in [-0.3, -0.25) is 4.79 Å². The van der Waals surface area contributed by atoms with Gasteiger partial charge in [0.25, 0.3) is 0 Å². The highest BCUT2D eigenvalue weighted by Crippen LogP contribution is 2.25. The van der Waals surface area contributed by atoms with Gasteiger partial charge in [-0.15, -0.1) is 0 Å². The van der Waals surface area contributed by atoms with Crippen molar-refractivity contribution in [3.8, 4) is 11.4 Å². The zero-order valence-corrected chi connectivity index (χ0v) is 11.4. The summed E-state index contributed by atoms with van der Waals surface area (Å²) in [5.41, 5.74) is 2.18. The Morgan fingerprint density at radius 2 is 2.05 bits per heavy atom. The van der Waals surface area contributed by atoms with Crippen molar-refractivity contribution in [3.63, 3.8) is 0 Å². The Balaban J connectivity index is 2.21. The van der Waals surface area contributed by atoms with Gasteiger partial charge in [0.1, 0.15) is 18.2 Å². The van der Waals surface area contributed by atoms with Crippen LogP contribution in [0, 0.1) is 5.82 Å². The molecule has 3 aromatic rings. The molecular weight excluding hydrogens is 271 g/mol. The summed E-state index contributed by atoms with van der Waals surface area (Å²) >= 11 is 0. The minimum Gasteiger partial charge on any atom is -0.468 e. The molecule has 0 unspecified atom stereocenters. The second kappa shape index (κ2) is 5.36. The first-order valence-electron chi connectivity index (χ1n) is 6.47. The maximum atomic E-state index is 13.4. The van der Waals surface area contributed by atoms with Gasteiger partial charge in [0.05, 0.1) is 18.1 Å². The normalized spacial score (nSPS) is 10.8. The number of fused-ring (bicyclic) bond motifs is 1. The highest BCUT2D eigenvalue weighted by atomic mass is 19.1. The van der Waals surface area contributed by atoms with Crippen LogP contribution in [0.1, 0.15) is 0 Å². The van der Waals surface area contributed by atoms with E-state index in [4.69, 9.17) is 4.74 Å². The number of hydrogen-bond donors (Lipinski definition) is 0. The second-order valence-electron chi connectivity index (χ2n) is 4.60. The molecule has 3 rings (SSSR count). The number of methoxy groups -OCH3 is 1. The number of para-hydroxylation sites is 2. The van der Waals surface area contributed by atoms with Crippen LogP contribution in [0.5, 0.6) is 0 Å². The van der Waals surface area contributed by atoms with Crippen molar-refractivity contribution in [1.82, 2.24) is 9.55 Å². The van der Waals surface area contributed by atoms with Gasteiger partial charge in [0, 0.05) is 5.56 Å². The Bertz CT molecular complexity index is 811. The molecule has 2 aromatic carbocycles. The number of benzene rings is 2. The van der Waals surface area contributed by atoms with E-state index in [2.05, 4.69) is 4.98 Å². The van der Waals surface area contributed by atoms with Crippen LogP contribution < -0.4 is 0 Å². The molecule has 0 radical (unpaired) electrons. The summed E-state index contributed by atoms with van der Waals surface area (Å²) in [6, 6.07) is 13.6. The predicted molar refractivity (Wildman–Crippen MR) is 77.1 cm³/mol. The molecule has 0 saturated heterocycles. The number of aromatic nitrogens is 2. The van der Waals surface area contributed by atoms with Gasteiger partial charge in [-0.05, 0) is 24.3 Å². The first-order chi connectivity index (χ1) is 10.2. The summed E-state index contributed by atoms with van der Waals surface area (Å²) in [6.07, 6.45) is 0. The SMILES string of the molecule is COC(=O)Cn1c(-c2cccc(F)c2)nc2ccccc21. The van der Waals surface area contributed by atoms with Gasteiger partial charge in [-0.1, -0.05) is 24.3 Å². The van der Waals surface area contributed by atoms with E-state index in [0.717, 1.165) is 11.0 Å². The molecular formula is C16H13FN2O2. The maximum Gasteiger partial charge on any atom is 0.325 e. The van der Waals surface area contributed by atoms with Crippen molar-refractivity contribution in [3.05, 3.63) is 54.3 Å². The molecule has 1 heterocycles. The Morgan fingerprint density at radius 3 is 2.81 bits per heavy atom. The van der Waals surface area contributed by atoms with Crippen LogP contribution in [0.25, 0.3) is 22.4 Å². The third-order valence-corrected chi connectivity index (χ3v) is 3.25. The number of nitrogens with zero attached hydrogens (tertiary/aromatic N) is 2. The van der Waals surface area contributed by atoms with Crippen molar-refractivity contribution in [2.45, 2.75) is 6.54 Å². The fourth-order valence-electron chi connectivity index (χ4n) is 2.28.